The largest absolute Gasteiger partial charge is 0.444 e. The average molecular weight is 327 g/mol. The number of nitrogens with zero attached hydrogens (tertiary/aromatic N) is 1. The summed E-state index contributed by atoms with van der Waals surface area (Å²) in [6, 6.07) is 0.616. The molecule has 0 aliphatic heterocycles. The van der Waals surface area contributed by atoms with Gasteiger partial charge in [0.05, 0.1) is 0 Å². The SMILES string of the molecule is CCN(CCNC1CCCC(CC(C)C)C1)C(=O)OC(C)(C)C. The molecule has 0 aromatic heterocycles. The van der Waals surface area contributed by atoms with Crippen molar-refractivity contribution in [1.29, 1.82) is 0 Å². The summed E-state index contributed by atoms with van der Waals surface area (Å²) in [4.78, 5) is 13.9. The molecule has 0 bridgehead atoms. The van der Waals surface area contributed by atoms with Crippen LogP contribution < -0.4 is 5.32 Å². The van der Waals surface area contributed by atoms with E-state index in [-0.39, 0.29) is 6.09 Å². The van der Waals surface area contributed by atoms with Gasteiger partial charge in [-0.3, -0.25) is 0 Å². The molecule has 2 unspecified atom stereocenters. The summed E-state index contributed by atoms with van der Waals surface area (Å²) >= 11 is 0. The Hall–Kier alpha value is -0.770. The van der Waals surface area contributed by atoms with Crippen molar-refractivity contribution in [3.05, 3.63) is 0 Å². The summed E-state index contributed by atoms with van der Waals surface area (Å²) in [5.41, 5.74) is -0.425. The lowest BCUT2D eigenvalue weighted by Crippen LogP contribution is -2.43. The first kappa shape index (κ1) is 20.3. The summed E-state index contributed by atoms with van der Waals surface area (Å²) in [7, 11) is 0. The molecule has 136 valence electrons. The van der Waals surface area contributed by atoms with Crippen molar-refractivity contribution in [3.8, 4) is 0 Å². The van der Waals surface area contributed by atoms with Gasteiger partial charge in [-0.25, -0.2) is 4.79 Å². The third-order valence-corrected chi connectivity index (χ3v) is 4.44. The van der Waals surface area contributed by atoms with Gasteiger partial charge >= 0.3 is 6.09 Å². The molecule has 4 heteroatoms. The molecule has 2 atom stereocenters. The van der Waals surface area contributed by atoms with Crippen LogP contribution in [-0.4, -0.2) is 42.3 Å². The van der Waals surface area contributed by atoms with E-state index >= 15 is 0 Å². The zero-order valence-electron chi connectivity index (χ0n) is 16.2. The Kier molecular flexibility index (Phi) is 8.38. The van der Waals surface area contributed by atoms with Gasteiger partial charge in [-0.2, -0.15) is 0 Å². The van der Waals surface area contributed by atoms with Gasteiger partial charge in [0.15, 0.2) is 0 Å². The lowest BCUT2D eigenvalue weighted by molar-refractivity contribution is 0.0259. The van der Waals surface area contributed by atoms with Crippen molar-refractivity contribution in [1.82, 2.24) is 10.2 Å². The van der Waals surface area contributed by atoms with Gasteiger partial charge in [-0.05, 0) is 58.8 Å². The molecule has 1 saturated carbocycles. The molecule has 1 N–H and O–H groups in total. The number of carbonyl (C=O) groups excluding carboxylic acids is 1. The molecule has 0 saturated heterocycles. The zero-order chi connectivity index (χ0) is 17.5. The smallest absolute Gasteiger partial charge is 0.410 e. The second-order valence-electron chi connectivity index (χ2n) is 8.37. The van der Waals surface area contributed by atoms with Gasteiger partial charge < -0.3 is 15.0 Å². The Morgan fingerprint density at radius 3 is 2.57 bits per heavy atom. The van der Waals surface area contributed by atoms with Crippen molar-refractivity contribution >= 4 is 6.09 Å². The first-order chi connectivity index (χ1) is 10.7. The van der Waals surface area contributed by atoms with E-state index in [4.69, 9.17) is 4.74 Å². The third kappa shape index (κ3) is 8.59. The number of rotatable bonds is 7. The van der Waals surface area contributed by atoms with Crippen LogP contribution in [0.25, 0.3) is 0 Å². The van der Waals surface area contributed by atoms with Crippen LogP contribution in [-0.2, 0) is 4.74 Å². The van der Waals surface area contributed by atoms with E-state index in [0.717, 1.165) is 24.9 Å². The minimum atomic E-state index is -0.425. The van der Waals surface area contributed by atoms with Crippen LogP contribution in [0.2, 0.25) is 0 Å². The van der Waals surface area contributed by atoms with Gasteiger partial charge in [0.25, 0.3) is 0 Å². The molecule has 1 aliphatic carbocycles. The highest BCUT2D eigenvalue weighted by molar-refractivity contribution is 5.68. The predicted molar refractivity (Wildman–Crippen MR) is 96.7 cm³/mol. The zero-order valence-corrected chi connectivity index (χ0v) is 16.2. The van der Waals surface area contributed by atoms with Crippen LogP contribution in [0.3, 0.4) is 0 Å². The summed E-state index contributed by atoms with van der Waals surface area (Å²) in [6.45, 7) is 14.6. The minimum absolute atomic E-state index is 0.205. The van der Waals surface area contributed by atoms with Gasteiger partial charge in [0, 0.05) is 25.7 Å². The molecular formula is C19H38N2O2. The van der Waals surface area contributed by atoms with Gasteiger partial charge in [0.1, 0.15) is 5.60 Å². The normalized spacial score (nSPS) is 22.2. The minimum Gasteiger partial charge on any atom is -0.444 e. The van der Waals surface area contributed by atoms with Crippen molar-refractivity contribution < 1.29 is 9.53 Å². The molecule has 1 amide bonds. The molecule has 4 nitrogen and oxygen atoms in total. The van der Waals surface area contributed by atoms with Crippen LogP contribution in [0.15, 0.2) is 0 Å². The van der Waals surface area contributed by atoms with Gasteiger partial charge in [-0.1, -0.05) is 26.7 Å². The third-order valence-electron chi connectivity index (χ3n) is 4.44. The lowest BCUT2D eigenvalue weighted by atomic mass is 9.81. The van der Waals surface area contributed by atoms with Crippen molar-refractivity contribution in [2.24, 2.45) is 11.8 Å². The lowest BCUT2D eigenvalue weighted by Gasteiger charge is -2.32. The summed E-state index contributed by atoms with van der Waals surface area (Å²) in [6.07, 6.45) is 6.41. The predicted octanol–water partition coefficient (Wildman–Crippen LogP) is 4.44. The second kappa shape index (κ2) is 9.51. The molecular weight excluding hydrogens is 288 g/mol. The molecule has 1 aliphatic rings. The van der Waals surface area contributed by atoms with Crippen LogP contribution >= 0.6 is 0 Å². The maximum absolute atomic E-state index is 12.1. The first-order valence-electron chi connectivity index (χ1n) is 9.42. The highest BCUT2D eigenvalue weighted by Crippen LogP contribution is 2.29. The Morgan fingerprint density at radius 2 is 2.00 bits per heavy atom. The van der Waals surface area contributed by atoms with E-state index < -0.39 is 5.60 Å². The van der Waals surface area contributed by atoms with E-state index in [9.17, 15) is 4.79 Å². The van der Waals surface area contributed by atoms with Crippen LogP contribution in [0.1, 0.15) is 73.6 Å². The number of hydrogen-bond acceptors (Lipinski definition) is 3. The summed E-state index contributed by atoms with van der Waals surface area (Å²) in [5, 5.41) is 3.66. The number of hydrogen-bond donors (Lipinski definition) is 1. The molecule has 0 aromatic carbocycles. The molecule has 0 spiro atoms. The monoisotopic (exact) mass is 326 g/mol. The maximum atomic E-state index is 12.1. The van der Waals surface area contributed by atoms with Crippen LogP contribution in [0, 0.1) is 11.8 Å². The van der Waals surface area contributed by atoms with Crippen LogP contribution in [0.5, 0.6) is 0 Å². The van der Waals surface area contributed by atoms with E-state index in [1.807, 2.05) is 27.7 Å². The molecule has 1 rings (SSSR count). The Morgan fingerprint density at radius 1 is 1.30 bits per heavy atom. The number of carbonyl (C=O) groups is 1. The van der Waals surface area contributed by atoms with Gasteiger partial charge in [0.2, 0.25) is 0 Å². The molecule has 23 heavy (non-hydrogen) atoms. The molecule has 0 radical (unpaired) electrons. The highest BCUT2D eigenvalue weighted by atomic mass is 16.6. The number of ether oxygens (including phenoxy) is 1. The van der Waals surface area contributed by atoms with E-state index in [1.165, 1.54) is 32.1 Å². The summed E-state index contributed by atoms with van der Waals surface area (Å²) in [5.74, 6) is 1.66. The second-order valence-corrected chi connectivity index (χ2v) is 8.37. The quantitative estimate of drug-likeness (QED) is 0.752. The van der Waals surface area contributed by atoms with E-state index in [1.54, 1.807) is 4.90 Å². The fourth-order valence-electron chi connectivity index (χ4n) is 3.47. The fraction of sp³-hybridized carbons (Fsp3) is 0.947. The molecule has 0 heterocycles. The van der Waals surface area contributed by atoms with Crippen LogP contribution in [0.4, 0.5) is 4.79 Å². The fourth-order valence-corrected chi connectivity index (χ4v) is 3.47. The first-order valence-corrected chi connectivity index (χ1v) is 9.42. The number of amides is 1. The van der Waals surface area contributed by atoms with Gasteiger partial charge in [-0.15, -0.1) is 0 Å². The standard InChI is InChI=1S/C19H38N2O2/c1-7-21(18(22)23-19(4,5)6)12-11-20-17-10-8-9-16(14-17)13-15(2)3/h15-17,20H,7-14H2,1-6H3. The van der Waals surface area contributed by atoms with E-state index in [2.05, 4.69) is 19.2 Å². The Bertz CT molecular complexity index is 350. The Labute approximate surface area is 143 Å². The van der Waals surface area contributed by atoms with Crippen molar-refractivity contribution in [2.45, 2.75) is 85.3 Å². The number of likely N-dealkylation sites (N-methyl/N-ethyl adjacent to an activating group) is 1. The highest BCUT2D eigenvalue weighted by Gasteiger charge is 2.23. The average Bonchev–Trinajstić information content (AvgIpc) is 2.41. The van der Waals surface area contributed by atoms with Crippen molar-refractivity contribution in [3.63, 3.8) is 0 Å². The molecule has 0 aromatic rings. The number of nitrogens with one attached hydrogen (secondary N) is 1. The summed E-state index contributed by atoms with van der Waals surface area (Å²) < 4.78 is 5.45. The van der Waals surface area contributed by atoms with Crippen molar-refractivity contribution in [2.75, 3.05) is 19.6 Å². The molecule has 1 fully saturated rings. The van der Waals surface area contributed by atoms with E-state index in [0.29, 0.717) is 12.6 Å². The topological polar surface area (TPSA) is 41.6 Å². The maximum Gasteiger partial charge on any atom is 0.410 e. The Balaban J connectivity index is 2.32.